The van der Waals surface area contributed by atoms with Crippen LogP contribution < -0.4 is 31.3 Å². The first-order valence-corrected chi connectivity index (χ1v) is 8.73. The summed E-state index contributed by atoms with van der Waals surface area (Å²) >= 11 is 0. The van der Waals surface area contributed by atoms with Crippen LogP contribution in [0.5, 0.6) is 5.75 Å². The first-order chi connectivity index (χ1) is 13.7. The number of carbonyl (C=O) groups excluding carboxylic acids is 1. The van der Waals surface area contributed by atoms with Crippen molar-refractivity contribution in [3.63, 3.8) is 0 Å². The fraction of sp³-hybridized carbons (Fsp3) is 0.211. The number of nitrogens with one attached hydrogen (secondary N) is 2. The molecule has 3 rings (SSSR count). The summed E-state index contributed by atoms with van der Waals surface area (Å²) in [6.07, 6.45) is -0.510. The molecule has 0 bridgehead atoms. The lowest BCUT2D eigenvalue weighted by atomic mass is 10.0. The van der Waals surface area contributed by atoms with Crippen molar-refractivity contribution >= 4 is 17.4 Å². The maximum absolute atomic E-state index is 12.3. The van der Waals surface area contributed by atoms with Crippen molar-refractivity contribution in [3.05, 3.63) is 66.0 Å². The van der Waals surface area contributed by atoms with E-state index in [1.807, 2.05) is 25.1 Å². The fourth-order valence-electron chi connectivity index (χ4n) is 2.84. The average molecular weight is 407 g/mol. The number of carbonyl (C=O) groups is 1. The molecule has 29 heavy (non-hydrogen) atoms. The minimum absolute atomic E-state index is 0.279. The Morgan fingerprint density at radius 1 is 1.10 bits per heavy atom. The molecule has 154 valence electrons. The number of hydrogen-bond donors (Lipinski definition) is 3. The van der Waals surface area contributed by atoms with E-state index in [4.69, 9.17) is 5.73 Å². The van der Waals surface area contributed by atoms with Gasteiger partial charge in [-0.3, -0.25) is 10.0 Å². The van der Waals surface area contributed by atoms with Crippen LogP contribution in [0.4, 0.5) is 29.3 Å². The van der Waals surface area contributed by atoms with Crippen molar-refractivity contribution in [2.45, 2.75) is 19.7 Å². The van der Waals surface area contributed by atoms with E-state index in [0.29, 0.717) is 18.7 Å². The third kappa shape index (κ3) is 5.55. The highest BCUT2D eigenvalue weighted by molar-refractivity contribution is 5.71. The molecule has 0 saturated heterocycles. The zero-order valence-corrected chi connectivity index (χ0v) is 15.5. The zero-order chi connectivity index (χ0) is 21.0. The highest BCUT2D eigenvalue weighted by Gasteiger charge is 2.31. The smallest absolute Gasteiger partial charge is 0.406 e. The number of nitrogens with zero attached hydrogens (tertiary/aromatic N) is 2. The van der Waals surface area contributed by atoms with Gasteiger partial charge in [-0.2, -0.15) is 0 Å². The molecule has 0 fully saturated rings. The molecule has 1 aliphatic rings. The number of hydrazine groups is 2. The number of urea groups is 1. The number of aryl methyl sites for hydroxylation is 1. The van der Waals surface area contributed by atoms with Crippen LogP contribution in [0.15, 0.2) is 54.9 Å². The van der Waals surface area contributed by atoms with Gasteiger partial charge in [0.05, 0.1) is 11.4 Å². The van der Waals surface area contributed by atoms with Crippen molar-refractivity contribution in [1.29, 1.82) is 0 Å². The minimum atomic E-state index is -4.72. The van der Waals surface area contributed by atoms with Crippen molar-refractivity contribution in [1.82, 2.24) is 10.9 Å². The molecule has 0 aliphatic carbocycles. The van der Waals surface area contributed by atoms with Gasteiger partial charge in [-0.05, 0) is 60.9 Å². The molecule has 7 nitrogen and oxygen atoms in total. The van der Waals surface area contributed by atoms with Crippen LogP contribution in [0.1, 0.15) is 11.1 Å². The number of primary amides is 1. The lowest BCUT2D eigenvalue weighted by molar-refractivity contribution is -0.274. The SMILES string of the molecule is Cc1cc(N2C=CN(c3ccc(OC(F)(F)F)cc3)N2)ccc1CCNC(N)=O. The van der Waals surface area contributed by atoms with Crippen LogP contribution >= 0.6 is 0 Å². The highest BCUT2D eigenvalue weighted by atomic mass is 19.4. The molecule has 1 aliphatic heterocycles. The fourth-order valence-corrected chi connectivity index (χ4v) is 2.84. The predicted molar refractivity (Wildman–Crippen MR) is 103 cm³/mol. The monoisotopic (exact) mass is 407 g/mol. The van der Waals surface area contributed by atoms with Crippen LogP contribution in [0, 0.1) is 6.92 Å². The van der Waals surface area contributed by atoms with Gasteiger partial charge in [0.2, 0.25) is 0 Å². The van der Waals surface area contributed by atoms with Gasteiger partial charge in [0, 0.05) is 18.9 Å². The van der Waals surface area contributed by atoms with E-state index in [1.165, 1.54) is 24.3 Å². The number of ether oxygens (including phenoxy) is 1. The molecular weight excluding hydrogens is 387 g/mol. The third-order valence-electron chi connectivity index (χ3n) is 4.23. The molecule has 0 radical (unpaired) electrons. The Kier molecular flexibility index (Phi) is 5.83. The Labute approximate surface area is 165 Å². The largest absolute Gasteiger partial charge is 0.573 e. The van der Waals surface area contributed by atoms with Crippen molar-refractivity contribution in [2.24, 2.45) is 5.73 Å². The molecule has 0 saturated carbocycles. The molecule has 4 N–H and O–H groups in total. The van der Waals surface area contributed by atoms with E-state index in [1.54, 1.807) is 22.4 Å². The zero-order valence-electron chi connectivity index (χ0n) is 15.5. The van der Waals surface area contributed by atoms with Crippen LogP contribution in [0.3, 0.4) is 0 Å². The molecule has 0 spiro atoms. The number of alkyl halides is 3. The maximum atomic E-state index is 12.3. The van der Waals surface area contributed by atoms with Crippen molar-refractivity contribution in [3.8, 4) is 5.75 Å². The van der Waals surface area contributed by atoms with Gasteiger partial charge in [-0.25, -0.2) is 4.79 Å². The maximum Gasteiger partial charge on any atom is 0.573 e. The van der Waals surface area contributed by atoms with Crippen molar-refractivity contribution < 1.29 is 22.7 Å². The summed E-state index contributed by atoms with van der Waals surface area (Å²) in [5, 5.41) is 6.00. The summed E-state index contributed by atoms with van der Waals surface area (Å²) in [5.74, 6) is -0.279. The number of rotatable bonds is 6. The number of halogens is 3. The summed E-state index contributed by atoms with van der Waals surface area (Å²) < 4.78 is 40.7. The van der Waals surface area contributed by atoms with Gasteiger partial charge in [0.15, 0.2) is 0 Å². The van der Waals surface area contributed by atoms with Crippen LogP contribution in [-0.2, 0) is 6.42 Å². The van der Waals surface area contributed by atoms with E-state index in [2.05, 4.69) is 15.6 Å². The Morgan fingerprint density at radius 3 is 2.31 bits per heavy atom. The van der Waals surface area contributed by atoms with Gasteiger partial charge in [-0.1, -0.05) is 6.07 Å². The molecule has 0 unspecified atom stereocenters. The quantitative estimate of drug-likeness (QED) is 0.684. The van der Waals surface area contributed by atoms with Gasteiger partial charge < -0.3 is 15.8 Å². The molecule has 1 heterocycles. The molecule has 0 atom stereocenters. The van der Waals surface area contributed by atoms with Crippen LogP contribution in [-0.4, -0.2) is 18.9 Å². The van der Waals surface area contributed by atoms with Crippen LogP contribution in [0.2, 0.25) is 0 Å². The second-order valence-electron chi connectivity index (χ2n) is 6.33. The molecular formula is C19H20F3N5O2. The van der Waals surface area contributed by atoms with E-state index in [9.17, 15) is 18.0 Å². The third-order valence-corrected chi connectivity index (χ3v) is 4.23. The average Bonchev–Trinajstić information content (AvgIpc) is 3.12. The van der Waals surface area contributed by atoms with Crippen LogP contribution in [0.25, 0.3) is 0 Å². The highest BCUT2D eigenvalue weighted by Crippen LogP contribution is 2.27. The van der Waals surface area contributed by atoms with Gasteiger partial charge >= 0.3 is 12.4 Å². The first kappa shape index (κ1) is 20.3. The normalized spacial score (nSPS) is 13.7. The number of benzene rings is 2. The second kappa shape index (κ2) is 8.31. The van der Waals surface area contributed by atoms with Gasteiger partial charge in [0.25, 0.3) is 0 Å². The number of amides is 2. The molecule has 10 heteroatoms. The predicted octanol–water partition coefficient (Wildman–Crippen LogP) is 3.32. The van der Waals surface area contributed by atoms with E-state index >= 15 is 0 Å². The Bertz CT molecular complexity index is 900. The topological polar surface area (TPSA) is 82.9 Å². The summed E-state index contributed by atoms with van der Waals surface area (Å²) in [6.45, 7) is 2.43. The Morgan fingerprint density at radius 2 is 1.72 bits per heavy atom. The Balaban J connectivity index is 1.61. The molecule has 2 aromatic rings. The van der Waals surface area contributed by atoms with E-state index < -0.39 is 12.4 Å². The lowest BCUT2D eigenvalue weighted by Crippen LogP contribution is -2.39. The number of nitrogens with two attached hydrogens (primary N) is 1. The summed E-state index contributed by atoms with van der Waals surface area (Å²) in [5.41, 5.74) is 11.8. The molecule has 0 aromatic heterocycles. The van der Waals surface area contributed by atoms with E-state index in [-0.39, 0.29) is 5.75 Å². The first-order valence-electron chi connectivity index (χ1n) is 8.73. The van der Waals surface area contributed by atoms with E-state index in [0.717, 1.165) is 16.8 Å². The van der Waals surface area contributed by atoms with Gasteiger partial charge in [0.1, 0.15) is 5.75 Å². The standard InChI is InChI=1S/C19H20F3N5O2/c1-13-12-16(3-2-14(13)8-9-24-18(23)28)27-11-10-26(25-27)15-4-6-17(7-5-15)29-19(20,21)22/h2-7,10-12,25H,8-9H2,1H3,(H3,23,24,28). The van der Waals surface area contributed by atoms with Crippen molar-refractivity contribution in [2.75, 3.05) is 16.6 Å². The Hall–Kier alpha value is -3.40. The number of hydrogen-bond acceptors (Lipinski definition) is 5. The summed E-state index contributed by atoms with van der Waals surface area (Å²) in [6, 6.07) is 10.9. The number of anilines is 2. The second-order valence-corrected chi connectivity index (χ2v) is 6.33. The summed E-state index contributed by atoms with van der Waals surface area (Å²) in [7, 11) is 0. The van der Waals surface area contributed by atoms with Gasteiger partial charge in [-0.15, -0.1) is 18.7 Å². The minimum Gasteiger partial charge on any atom is -0.406 e. The lowest BCUT2D eigenvalue weighted by Gasteiger charge is -2.23. The molecule has 2 amide bonds. The summed E-state index contributed by atoms with van der Waals surface area (Å²) in [4.78, 5) is 10.8. The molecule has 2 aromatic carbocycles.